The number of rotatable bonds is 9. The fourth-order valence-corrected chi connectivity index (χ4v) is 4.80. The summed E-state index contributed by atoms with van der Waals surface area (Å²) in [7, 11) is 0. The van der Waals surface area contributed by atoms with Crippen LogP contribution in [0, 0.1) is 5.82 Å². The number of aromatic nitrogens is 5. The standard InChI is InChI=1S/C27H25FN6O4/c1-2-23(26-30-31-32-34(26)15-21-4-3-9-36-21)33(13-17-5-7-20(28)8-6-17)14-19-10-18-11-24-25(38-16-37-24)12-22(18)29-27(19)35/h3-12,23H,2,13-16H2,1H3,(H,29,35)/t23-/m0/s1. The van der Waals surface area contributed by atoms with Gasteiger partial charge in [-0.15, -0.1) is 5.10 Å². The Morgan fingerprint density at radius 1 is 1.11 bits per heavy atom. The van der Waals surface area contributed by atoms with E-state index in [4.69, 9.17) is 13.9 Å². The minimum absolute atomic E-state index is 0.152. The Hall–Kier alpha value is -4.51. The molecule has 11 heteroatoms. The number of halogens is 1. The molecule has 0 aliphatic carbocycles. The van der Waals surface area contributed by atoms with Crippen molar-refractivity contribution in [3.05, 3.63) is 99.7 Å². The molecule has 0 spiro atoms. The topological polar surface area (TPSA) is 111 Å². The first-order valence-corrected chi connectivity index (χ1v) is 12.3. The Morgan fingerprint density at radius 3 is 2.68 bits per heavy atom. The normalized spacial score (nSPS) is 13.4. The number of nitrogens with one attached hydrogen (secondary N) is 1. The smallest absolute Gasteiger partial charge is 0.252 e. The number of pyridine rings is 1. The third-order valence-electron chi connectivity index (χ3n) is 6.66. The van der Waals surface area contributed by atoms with Crippen LogP contribution in [-0.2, 0) is 19.6 Å². The summed E-state index contributed by atoms with van der Waals surface area (Å²) in [5, 5.41) is 13.3. The summed E-state index contributed by atoms with van der Waals surface area (Å²) >= 11 is 0. The van der Waals surface area contributed by atoms with Crippen molar-refractivity contribution in [3.8, 4) is 11.5 Å². The Balaban J connectivity index is 1.37. The minimum atomic E-state index is -0.306. The number of fused-ring (bicyclic) bond motifs is 2. The zero-order valence-corrected chi connectivity index (χ0v) is 20.6. The van der Waals surface area contributed by atoms with E-state index in [-0.39, 0.29) is 24.2 Å². The monoisotopic (exact) mass is 516 g/mol. The first-order valence-electron chi connectivity index (χ1n) is 12.3. The van der Waals surface area contributed by atoms with Crippen LogP contribution >= 0.6 is 0 Å². The minimum Gasteiger partial charge on any atom is -0.467 e. The number of hydrogen-bond donors (Lipinski definition) is 1. The second-order valence-corrected chi connectivity index (χ2v) is 9.15. The molecule has 0 saturated heterocycles. The second kappa shape index (κ2) is 10.1. The molecule has 4 heterocycles. The van der Waals surface area contributed by atoms with Gasteiger partial charge in [0.25, 0.3) is 5.56 Å². The SMILES string of the molecule is CC[C@@H](c1nnnn1Cc1ccco1)N(Cc1ccc(F)cc1)Cc1cc2cc3c(cc2[nH]c1=O)OCO3. The van der Waals surface area contributed by atoms with Gasteiger partial charge in [-0.05, 0) is 58.8 Å². The summed E-state index contributed by atoms with van der Waals surface area (Å²) in [6, 6.07) is 15.3. The average molecular weight is 517 g/mol. The summed E-state index contributed by atoms with van der Waals surface area (Å²) in [5.41, 5.74) is 1.94. The number of nitrogens with zero attached hydrogens (tertiary/aromatic N) is 5. The van der Waals surface area contributed by atoms with Gasteiger partial charge in [0, 0.05) is 30.1 Å². The van der Waals surface area contributed by atoms with Gasteiger partial charge >= 0.3 is 0 Å². The lowest BCUT2D eigenvalue weighted by Gasteiger charge is -2.30. The zero-order chi connectivity index (χ0) is 26.1. The van der Waals surface area contributed by atoms with Gasteiger partial charge in [0.1, 0.15) is 18.1 Å². The summed E-state index contributed by atoms with van der Waals surface area (Å²) in [6.45, 7) is 3.33. The lowest BCUT2D eigenvalue weighted by molar-refractivity contribution is 0.161. The largest absolute Gasteiger partial charge is 0.467 e. The van der Waals surface area contributed by atoms with Gasteiger partial charge in [0.05, 0.1) is 17.8 Å². The molecule has 1 aliphatic rings. The molecular formula is C27H25FN6O4. The number of aromatic amines is 1. The molecule has 194 valence electrons. The van der Waals surface area contributed by atoms with Crippen molar-refractivity contribution in [2.24, 2.45) is 0 Å². The lowest BCUT2D eigenvalue weighted by Crippen LogP contribution is -2.32. The molecule has 3 aromatic heterocycles. The van der Waals surface area contributed by atoms with Crippen molar-refractivity contribution in [2.45, 2.75) is 39.0 Å². The van der Waals surface area contributed by atoms with E-state index in [1.54, 1.807) is 29.1 Å². The third kappa shape index (κ3) is 4.75. The maximum absolute atomic E-state index is 13.6. The van der Waals surface area contributed by atoms with Crippen molar-refractivity contribution in [2.75, 3.05) is 6.79 Å². The molecule has 2 aromatic carbocycles. The first-order chi connectivity index (χ1) is 18.6. The molecule has 6 rings (SSSR count). The molecular weight excluding hydrogens is 491 g/mol. The maximum atomic E-state index is 13.6. The number of hydrogen-bond acceptors (Lipinski definition) is 8. The molecule has 1 N–H and O–H groups in total. The van der Waals surface area contributed by atoms with Crippen molar-refractivity contribution in [1.82, 2.24) is 30.1 Å². The highest BCUT2D eigenvalue weighted by Crippen LogP contribution is 2.35. The predicted octanol–water partition coefficient (Wildman–Crippen LogP) is 4.18. The zero-order valence-electron chi connectivity index (χ0n) is 20.6. The number of furan rings is 1. The third-order valence-corrected chi connectivity index (χ3v) is 6.66. The Morgan fingerprint density at radius 2 is 1.92 bits per heavy atom. The van der Waals surface area contributed by atoms with Crippen molar-refractivity contribution in [1.29, 1.82) is 0 Å². The van der Waals surface area contributed by atoms with E-state index in [9.17, 15) is 9.18 Å². The lowest BCUT2D eigenvalue weighted by atomic mass is 10.1. The number of tetrazole rings is 1. The first kappa shape index (κ1) is 23.9. The molecule has 0 bridgehead atoms. The van der Waals surface area contributed by atoms with Gasteiger partial charge in [-0.25, -0.2) is 9.07 Å². The molecule has 0 unspecified atom stereocenters. The van der Waals surface area contributed by atoms with Gasteiger partial charge in [-0.2, -0.15) is 0 Å². The maximum Gasteiger partial charge on any atom is 0.252 e. The highest BCUT2D eigenvalue weighted by atomic mass is 19.1. The van der Waals surface area contributed by atoms with Crippen LogP contribution in [0.15, 0.2) is 70.1 Å². The molecule has 5 aromatic rings. The fourth-order valence-electron chi connectivity index (χ4n) is 4.80. The number of benzene rings is 2. The second-order valence-electron chi connectivity index (χ2n) is 9.15. The van der Waals surface area contributed by atoms with Crippen LogP contribution in [0.5, 0.6) is 11.5 Å². The van der Waals surface area contributed by atoms with E-state index >= 15 is 0 Å². The molecule has 0 fully saturated rings. The molecule has 0 amide bonds. The molecule has 0 radical (unpaired) electrons. The highest BCUT2D eigenvalue weighted by molar-refractivity contribution is 5.83. The van der Waals surface area contributed by atoms with Crippen LogP contribution in [0.3, 0.4) is 0 Å². The van der Waals surface area contributed by atoms with Gasteiger partial charge in [0.2, 0.25) is 6.79 Å². The van der Waals surface area contributed by atoms with E-state index in [0.717, 1.165) is 16.7 Å². The summed E-state index contributed by atoms with van der Waals surface area (Å²) in [6.07, 6.45) is 2.28. The van der Waals surface area contributed by atoms with Gasteiger partial charge in [0.15, 0.2) is 17.3 Å². The van der Waals surface area contributed by atoms with Crippen LogP contribution in [-0.4, -0.2) is 36.9 Å². The molecule has 10 nitrogen and oxygen atoms in total. The highest BCUT2D eigenvalue weighted by Gasteiger charge is 2.27. The summed E-state index contributed by atoms with van der Waals surface area (Å²) in [4.78, 5) is 18.3. The van der Waals surface area contributed by atoms with Crippen LogP contribution in [0.4, 0.5) is 4.39 Å². The Labute approximate surface area is 216 Å². The van der Waals surface area contributed by atoms with Crippen LogP contribution < -0.4 is 15.0 Å². The van der Waals surface area contributed by atoms with Gasteiger partial charge in [-0.3, -0.25) is 9.69 Å². The molecule has 1 aliphatic heterocycles. The quantitative estimate of drug-likeness (QED) is 0.311. The summed E-state index contributed by atoms with van der Waals surface area (Å²) < 4.78 is 31.8. The molecule has 38 heavy (non-hydrogen) atoms. The van der Waals surface area contributed by atoms with E-state index in [1.165, 1.54) is 12.1 Å². The van der Waals surface area contributed by atoms with Gasteiger partial charge < -0.3 is 18.9 Å². The van der Waals surface area contributed by atoms with E-state index in [0.29, 0.717) is 54.5 Å². The average Bonchev–Trinajstić information content (AvgIpc) is 3.68. The van der Waals surface area contributed by atoms with E-state index in [2.05, 4.69) is 25.4 Å². The van der Waals surface area contributed by atoms with Crippen molar-refractivity contribution < 1.29 is 18.3 Å². The fraction of sp³-hybridized carbons (Fsp3) is 0.259. The van der Waals surface area contributed by atoms with Crippen molar-refractivity contribution >= 4 is 10.9 Å². The van der Waals surface area contributed by atoms with Crippen LogP contribution in [0.25, 0.3) is 10.9 Å². The number of ether oxygens (including phenoxy) is 2. The Kier molecular flexibility index (Phi) is 6.34. The molecule has 0 saturated carbocycles. The van der Waals surface area contributed by atoms with Gasteiger partial charge in [-0.1, -0.05) is 19.1 Å². The molecule has 1 atom stereocenters. The van der Waals surface area contributed by atoms with Crippen molar-refractivity contribution in [3.63, 3.8) is 0 Å². The van der Waals surface area contributed by atoms with Crippen LogP contribution in [0.1, 0.15) is 42.1 Å². The van der Waals surface area contributed by atoms with Crippen LogP contribution in [0.2, 0.25) is 0 Å². The predicted molar refractivity (Wildman–Crippen MR) is 135 cm³/mol. The van der Waals surface area contributed by atoms with E-state index in [1.807, 2.05) is 31.2 Å². The van der Waals surface area contributed by atoms with E-state index < -0.39 is 0 Å². The summed E-state index contributed by atoms with van der Waals surface area (Å²) in [5.74, 6) is 2.31. The Bertz CT molecular complexity index is 1610. The number of H-pyrrole nitrogens is 1.